The van der Waals surface area contributed by atoms with E-state index < -0.39 is 0 Å². The highest BCUT2D eigenvalue weighted by atomic mass is 16.5. The number of ether oxygens (including phenoxy) is 1. The number of benzene rings is 3. The zero-order valence-corrected chi connectivity index (χ0v) is 18.6. The Morgan fingerprint density at radius 3 is 1.76 bits per heavy atom. The summed E-state index contributed by atoms with van der Waals surface area (Å²) in [4.78, 5) is 11.4. The molecule has 1 heterocycles. The maximum absolute atomic E-state index is 9.63. The number of likely N-dealkylation sites (N-methyl/N-ethyl adjacent to an activating group) is 1. The Kier molecular flexibility index (Phi) is 6.71. The lowest BCUT2D eigenvalue weighted by Gasteiger charge is -2.12. The molecule has 0 aliphatic heterocycles. The van der Waals surface area contributed by atoms with Crippen LogP contribution in [0.4, 0.5) is 11.6 Å². The number of aromatic nitrogens is 2. The van der Waals surface area contributed by atoms with Gasteiger partial charge in [0.05, 0.1) is 11.4 Å². The maximum Gasteiger partial charge on any atom is 0.228 e. The van der Waals surface area contributed by atoms with Crippen LogP contribution in [0.3, 0.4) is 0 Å². The molecular formula is C26H26N4O3. The highest BCUT2D eigenvalue weighted by Gasteiger charge is 2.10. The minimum atomic E-state index is 0.192. The van der Waals surface area contributed by atoms with E-state index in [9.17, 15) is 10.2 Å². The molecule has 0 spiro atoms. The summed E-state index contributed by atoms with van der Waals surface area (Å²) in [6.45, 7) is 1.46. The van der Waals surface area contributed by atoms with Crippen LogP contribution in [0.1, 0.15) is 0 Å². The number of nitrogens with zero attached hydrogens (tertiary/aromatic N) is 3. The lowest BCUT2D eigenvalue weighted by Crippen LogP contribution is -2.19. The highest BCUT2D eigenvalue weighted by Crippen LogP contribution is 2.28. The van der Waals surface area contributed by atoms with Crippen LogP contribution in [-0.4, -0.2) is 52.3 Å². The molecule has 0 unspecified atom stereocenters. The Morgan fingerprint density at radius 1 is 0.758 bits per heavy atom. The summed E-state index contributed by atoms with van der Waals surface area (Å²) in [5, 5.41) is 22.5. The molecule has 0 saturated carbocycles. The number of hydrogen-bond acceptors (Lipinski definition) is 7. The van der Waals surface area contributed by atoms with Crippen LogP contribution in [0.25, 0.3) is 22.5 Å². The molecule has 0 aliphatic rings. The number of anilines is 2. The topological polar surface area (TPSA) is 90.7 Å². The van der Waals surface area contributed by atoms with Gasteiger partial charge in [0, 0.05) is 23.4 Å². The fourth-order valence-corrected chi connectivity index (χ4v) is 3.17. The van der Waals surface area contributed by atoms with Gasteiger partial charge in [0.25, 0.3) is 0 Å². The van der Waals surface area contributed by atoms with Gasteiger partial charge in [0.15, 0.2) is 0 Å². The number of nitrogens with one attached hydrogen (secondary N) is 1. The van der Waals surface area contributed by atoms with E-state index in [1.54, 1.807) is 24.3 Å². The zero-order valence-electron chi connectivity index (χ0n) is 18.6. The van der Waals surface area contributed by atoms with Crippen molar-refractivity contribution in [1.82, 2.24) is 14.9 Å². The fraction of sp³-hybridized carbons (Fsp3) is 0.154. The monoisotopic (exact) mass is 442 g/mol. The summed E-state index contributed by atoms with van der Waals surface area (Å²) in [5.74, 6) is 1.62. The third kappa shape index (κ3) is 5.99. The first-order valence-electron chi connectivity index (χ1n) is 10.6. The number of aromatic hydroxyl groups is 2. The first-order valence-corrected chi connectivity index (χ1v) is 10.6. The van der Waals surface area contributed by atoms with E-state index in [0.717, 1.165) is 29.1 Å². The first-order chi connectivity index (χ1) is 16.0. The SMILES string of the molecule is CN(C)CCOc1ccc(Nc2nc(-c3ccc(O)cc3)cc(-c3ccc(O)cc3)n2)cc1. The third-order valence-electron chi connectivity index (χ3n) is 4.97. The van der Waals surface area contributed by atoms with Crippen molar-refractivity contribution in [3.8, 4) is 39.8 Å². The summed E-state index contributed by atoms with van der Waals surface area (Å²) in [6.07, 6.45) is 0. The lowest BCUT2D eigenvalue weighted by molar-refractivity contribution is 0.261. The Morgan fingerprint density at radius 2 is 1.27 bits per heavy atom. The van der Waals surface area contributed by atoms with Gasteiger partial charge in [0.1, 0.15) is 23.9 Å². The van der Waals surface area contributed by atoms with Gasteiger partial charge in [-0.15, -0.1) is 0 Å². The van der Waals surface area contributed by atoms with Gasteiger partial charge < -0.3 is 25.2 Å². The third-order valence-corrected chi connectivity index (χ3v) is 4.97. The van der Waals surface area contributed by atoms with Crippen LogP contribution in [0.2, 0.25) is 0 Å². The largest absolute Gasteiger partial charge is 0.508 e. The van der Waals surface area contributed by atoms with Crippen molar-refractivity contribution in [2.45, 2.75) is 0 Å². The molecule has 4 aromatic rings. The predicted molar refractivity (Wildman–Crippen MR) is 130 cm³/mol. The van der Waals surface area contributed by atoms with Crippen LogP contribution in [-0.2, 0) is 0 Å². The second kappa shape index (κ2) is 10.0. The highest BCUT2D eigenvalue weighted by molar-refractivity contribution is 5.71. The molecular weight excluding hydrogens is 416 g/mol. The predicted octanol–water partition coefficient (Wildman–Crippen LogP) is 4.91. The molecule has 0 saturated heterocycles. The molecule has 3 N–H and O–H groups in total. The molecule has 168 valence electrons. The van der Waals surface area contributed by atoms with E-state index in [0.29, 0.717) is 23.9 Å². The van der Waals surface area contributed by atoms with Crippen molar-refractivity contribution in [2.24, 2.45) is 0 Å². The van der Waals surface area contributed by atoms with Crippen molar-refractivity contribution in [3.05, 3.63) is 78.9 Å². The molecule has 3 aromatic carbocycles. The van der Waals surface area contributed by atoms with Crippen molar-refractivity contribution in [1.29, 1.82) is 0 Å². The van der Waals surface area contributed by atoms with Crippen molar-refractivity contribution in [2.75, 3.05) is 32.6 Å². The Hall–Kier alpha value is -4.10. The van der Waals surface area contributed by atoms with Crippen LogP contribution in [0, 0.1) is 0 Å². The molecule has 4 rings (SSSR count). The summed E-state index contributed by atoms with van der Waals surface area (Å²) in [7, 11) is 4.02. The average molecular weight is 443 g/mol. The Balaban J connectivity index is 1.61. The maximum atomic E-state index is 9.63. The second-order valence-corrected chi connectivity index (χ2v) is 7.86. The summed E-state index contributed by atoms with van der Waals surface area (Å²) < 4.78 is 5.75. The standard InChI is InChI=1S/C26H26N4O3/c1-30(2)15-16-33-23-13-7-20(8-14-23)27-26-28-24(18-3-9-21(31)10-4-18)17-25(29-26)19-5-11-22(32)12-6-19/h3-14,17,31-32H,15-16H2,1-2H3,(H,27,28,29). The number of rotatable bonds is 8. The van der Waals surface area contributed by atoms with Gasteiger partial charge in [-0.2, -0.15) is 0 Å². The molecule has 0 atom stereocenters. The fourth-order valence-electron chi connectivity index (χ4n) is 3.17. The van der Waals surface area contributed by atoms with Gasteiger partial charge in [-0.05, 0) is 93.0 Å². The van der Waals surface area contributed by atoms with E-state index in [4.69, 9.17) is 4.74 Å². The molecule has 33 heavy (non-hydrogen) atoms. The van der Waals surface area contributed by atoms with Gasteiger partial charge in [-0.1, -0.05) is 0 Å². The molecule has 0 amide bonds. The lowest BCUT2D eigenvalue weighted by atomic mass is 10.1. The van der Waals surface area contributed by atoms with Gasteiger partial charge >= 0.3 is 0 Å². The van der Waals surface area contributed by atoms with Crippen LogP contribution < -0.4 is 10.1 Å². The molecule has 0 fully saturated rings. The van der Waals surface area contributed by atoms with Gasteiger partial charge in [-0.25, -0.2) is 9.97 Å². The summed E-state index contributed by atoms with van der Waals surface area (Å²) in [5.41, 5.74) is 3.94. The minimum absolute atomic E-state index is 0.192. The number of hydrogen-bond donors (Lipinski definition) is 3. The van der Waals surface area contributed by atoms with E-state index in [2.05, 4.69) is 20.2 Å². The average Bonchev–Trinajstić information content (AvgIpc) is 2.81. The zero-order chi connectivity index (χ0) is 23.2. The molecule has 0 aliphatic carbocycles. The van der Waals surface area contributed by atoms with Crippen molar-refractivity contribution >= 4 is 11.6 Å². The molecule has 1 aromatic heterocycles. The van der Waals surface area contributed by atoms with Crippen LogP contribution in [0.5, 0.6) is 17.2 Å². The smallest absolute Gasteiger partial charge is 0.228 e. The normalized spacial score (nSPS) is 10.9. The van der Waals surface area contributed by atoms with Crippen LogP contribution in [0.15, 0.2) is 78.9 Å². The molecule has 0 bridgehead atoms. The minimum Gasteiger partial charge on any atom is -0.508 e. The van der Waals surface area contributed by atoms with E-state index >= 15 is 0 Å². The summed E-state index contributed by atoms with van der Waals surface area (Å²) >= 11 is 0. The van der Waals surface area contributed by atoms with Crippen LogP contribution >= 0.6 is 0 Å². The number of phenols is 2. The summed E-state index contributed by atoms with van der Waals surface area (Å²) in [6, 6.07) is 23.3. The quantitative estimate of drug-likeness (QED) is 0.357. The molecule has 7 nitrogen and oxygen atoms in total. The van der Waals surface area contributed by atoms with Gasteiger partial charge in [-0.3, -0.25) is 0 Å². The Labute approximate surface area is 193 Å². The molecule has 7 heteroatoms. The van der Waals surface area contributed by atoms with Gasteiger partial charge in [0.2, 0.25) is 5.95 Å². The van der Waals surface area contributed by atoms with E-state index in [-0.39, 0.29) is 11.5 Å². The van der Waals surface area contributed by atoms with E-state index in [1.807, 2.05) is 68.7 Å². The van der Waals surface area contributed by atoms with Crippen molar-refractivity contribution < 1.29 is 14.9 Å². The molecule has 0 radical (unpaired) electrons. The number of phenolic OH excluding ortho intramolecular Hbond substituents is 2. The second-order valence-electron chi connectivity index (χ2n) is 7.86. The van der Waals surface area contributed by atoms with E-state index in [1.165, 1.54) is 0 Å². The first kappa shape index (κ1) is 22.1. The Bertz CT molecular complexity index is 1130. The van der Waals surface area contributed by atoms with Crippen molar-refractivity contribution in [3.63, 3.8) is 0 Å².